The van der Waals surface area contributed by atoms with Crippen molar-refractivity contribution in [1.82, 2.24) is 4.57 Å². The fourth-order valence-electron chi connectivity index (χ4n) is 3.18. The van der Waals surface area contributed by atoms with Crippen LogP contribution in [0, 0.1) is 31.0 Å². The monoisotopic (exact) mass is 368 g/mol. The van der Waals surface area contributed by atoms with Gasteiger partial charge >= 0.3 is 0 Å². The van der Waals surface area contributed by atoms with Gasteiger partial charge in [-0.3, -0.25) is 14.2 Å². The Morgan fingerprint density at radius 1 is 1.33 bits per heavy atom. The average Bonchev–Trinajstić information content (AvgIpc) is 2.95. The largest absolute Gasteiger partial charge is 0.494 e. The molecular weight excluding hydrogens is 351 g/mol. The van der Waals surface area contributed by atoms with Gasteiger partial charge in [0, 0.05) is 17.5 Å². The highest BCUT2D eigenvalue weighted by Gasteiger charge is 2.28. The minimum Gasteiger partial charge on any atom is -0.494 e. The lowest BCUT2D eigenvalue weighted by Crippen LogP contribution is -2.26. The Kier molecular flexibility index (Phi) is 4.58. The molecule has 0 amide bonds. The summed E-state index contributed by atoms with van der Waals surface area (Å²) in [6, 6.07) is 5.70. The van der Waals surface area contributed by atoms with E-state index in [0.29, 0.717) is 23.0 Å². The van der Waals surface area contributed by atoms with Gasteiger partial charge in [-0.1, -0.05) is 6.92 Å². The number of aromatic nitrogens is 1. The second-order valence-corrected chi connectivity index (χ2v) is 6.29. The number of fused-ring (bicyclic) bond motifs is 1. The van der Waals surface area contributed by atoms with Crippen LogP contribution in [-0.4, -0.2) is 15.5 Å². The van der Waals surface area contributed by atoms with E-state index in [4.69, 9.17) is 4.42 Å². The van der Waals surface area contributed by atoms with Crippen molar-refractivity contribution in [2.45, 2.75) is 33.7 Å². The second kappa shape index (κ2) is 6.72. The van der Waals surface area contributed by atoms with Crippen LogP contribution in [0.1, 0.15) is 46.2 Å². The first-order valence-corrected chi connectivity index (χ1v) is 8.41. The summed E-state index contributed by atoms with van der Waals surface area (Å²) in [5, 5.41) is 20.4. The van der Waals surface area contributed by atoms with Crippen LogP contribution >= 0.6 is 0 Å². The Bertz CT molecular complexity index is 1180. The molecule has 0 fully saturated rings. The number of ketones is 1. The van der Waals surface area contributed by atoms with Gasteiger partial charge in [0.25, 0.3) is 5.56 Å². The van der Waals surface area contributed by atoms with E-state index in [1.165, 1.54) is 25.1 Å². The summed E-state index contributed by atoms with van der Waals surface area (Å²) >= 11 is 0. The normalized spacial score (nSPS) is 10.9. The number of nitrogens with zero attached hydrogens (tertiary/aromatic N) is 2. The van der Waals surface area contributed by atoms with Crippen LogP contribution in [0.4, 0.5) is 4.39 Å². The maximum atomic E-state index is 13.5. The molecule has 0 aliphatic carbocycles. The molecule has 0 radical (unpaired) electrons. The van der Waals surface area contributed by atoms with Crippen LogP contribution in [0.5, 0.6) is 5.88 Å². The molecule has 0 atom stereocenters. The molecule has 0 aliphatic heterocycles. The summed E-state index contributed by atoms with van der Waals surface area (Å²) in [6.07, 6.45) is 0.526. The number of furan rings is 1. The number of aryl methyl sites for hydroxylation is 1. The van der Waals surface area contributed by atoms with E-state index in [1.807, 2.05) is 6.07 Å². The fraction of sp³-hybridized carbons (Fsp3) is 0.250. The minimum absolute atomic E-state index is 0.0698. The number of hydrogen-bond donors (Lipinski definition) is 1. The molecule has 0 saturated heterocycles. The number of carbonyl (C=O) groups is 1. The van der Waals surface area contributed by atoms with Crippen molar-refractivity contribution in [2.75, 3.05) is 0 Å². The van der Waals surface area contributed by atoms with Gasteiger partial charge in [-0.25, -0.2) is 4.39 Å². The lowest BCUT2D eigenvalue weighted by molar-refractivity contribution is 0.100. The van der Waals surface area contributed by atoms with Crippen molar-refractivity contribution >= 4 is 16.8 Å². The molecule has 0 aliphatic rings. The molecular formula is C20H17FN2O4. The fourth-order valence-corrected chi connectivity index (χ4v) is 3.18. The van der Waals surface area contributed by atoms with E-state index in [0.717, 1.165) is 4.57 Å². The van der Waals surface area contributed by atoms with E-state index >= 15 is 0 Å². The van der Waals surface area contributed by atoms with E-state index in [2.05, 4.69) is 0 Å². The predicted molar refractivity (Wildman–Crippen MR) is 96.5 cm³/mol. The summed E-state index contributed by atoms with van der Waals surface area (Å²) in [5.41, 5.74) is -0.179. The molecule has 0 saturated carbocycles. The van der Waals surface area contributed by atoms with Crippen molar-refractivity contribution in [3.8, 4) is 11.9 Å². The van der Waals surface area contributed by atoms with Crippen LogP contribution in [0.25, 0.3) is 11.0 Å². The number of halogens is 1. The smallest absolute Gasteiger partial charge is 0.271 e. The first-order chi connectivity index (χ1) is 12.8. The zero-order chi connectivity index (χ0) is 19.9. The molecule has 0 unspecified atom stereocenters. The van der Waals surface area contributed by atoms with Gasteiger partial charge in [-0.15, -0.1) is 0 Å². The first kappa shape index (κ1) is 18.4. The standard InChI is InChI=1S/C20H17FN2O4/c1-4-7-23-19(25)14(9-22)10(2)16(20(23)26)17(24)18-11(3)13-8-12(21)5-6-15(13)27-18/h5-6,8,26H,4,7H2,1-3H3. The van der Waals surface area contributed by atoms with E-state index < -0.39 is 23.0 Å². The molecule has 2 aromatic heterocycles. The number of nitriles is 1. The maximum absolute atomic E-state index is 13.5. The third-order valence-corrected chi connectivity index (χ3v) is 4.58. The van der Waals surface area contributed by atoms with Gasteiger partial charge in [0.1, 0.15) is 23.0 Å². The number of aromatic hydroxyl groups is 1. The third-order valence-electron chi connectivity index (χ3n) is 4.58. The minimum atomic E-state index is -0.666. The number of hydrogen-bond acceptors (Lipinski definition) is 5. The molecule has 0 bridgehead atoms. The van der Waals surface area contributed by atoms with Crippen molar-refractivity contribution < 1.29 is 18.7 Å². The summed E-state index contributed by atoms with van der Waals surface area (Å²) in [4.78, 5) is 25.5. The lowest BCUT2D eigenvalue weighted by Gasteiger charge is -2.14. The van der Waals surface area contributed by atoms with Crippen molar-refractivity contribution in [1.29, 1.82) is 5.26 Å². The molecule has 1 N–H and O–H groups in total. The second-order valence-electron chi connectivity index (χ2n) is 6.29. The quantitative estimate of drug-likeness (QED) is 0.710. The van der Waals surface area contributed by atoms with Crippen LogP contribution in [0.15, 0.2) is 27.4 Å². The van der Waals surface area contributed by atoms with Gasteiger partial charge in [0.15, 0.2) is 5.76 Å². The van der Waals surface area contributed by atoms with Crippen LogP contribution < -0.4 is 5.56 Å². The summed E-state index contributed by atoms with van der Waals surface area (Å²) in [5.74, 6) is -1.71. The number of rotatable bonds is 4. The van der Waals surface area contributed by atoms with Crippen molar-refractivity contribution in [2.24, 2.45) is 0 Å². The molecule has 138 valence electrons. The van der Waals surface area contributed by atoms with Crippen LogP contribution in [0.2, 0.25) is 0 Å². The summed E-state index contributed by atoms with van der Waals surface area (Å²) in [7, 11) is 0. The predicted octanol–water partition coefficient (Wildman–Crippen LogP) is 3.57. The highest BCUT2D eigenvalue weighted by Crippen LogP contribution is 2.31. The zero-order valence-electron chi connectivity index (χ0n) is 15.1. The molecule has 3 aromatic rings. The molecule has 6 nitrogen and oxygen atoms in total. The SMILES string of the molecule is CCCn1c(O)c(C(=O)c2oc3ccc(F)cc3c2C)c(C)c(C#N)c1=O. The molecule has 1 aromatic carbocycles. The van der Waals surface area contributed by atoms with Gasteiger partial charge in [0.05, 0.1) is 5.56 Å². The lowest BCUT2D eigenvalue weighted by atomic mass is 9.98. The topological polar surface area (TPSA) is 96.2 Å². The number of carbonyl (C=O) groups excluding carboxylic acids is 1. The van der Waals surface area contributed by atoms with E-state index in [9.17, 15) is 24.3 Å². The van der Waals surface area contributed by atoms with Crippen LogP contribution in [-0.2, 0) is 6.54 Å². The molecule has 7 heteroatoms. The van der Waals surface area contributed by atoms with Crippen LogP contribution in [0.3, 0.4) is 0 Å². The average molecular weight is 368 g/mol. The van der Waals surface area contributed by atoms with Gasteiger partial charge < -0.3 is 9.52 Å². The van der Waals surface area contributed by atoms with Gasteiger partial charge in [-0.05, 0) is 44.0 Å². The molecule has 0 spiro atoms. The molecule has 27 heavy (non-hydrogen) atoms. The Balaban J connectivity index is 2.30. The third kappa shape index (κ3) is 2.79. The zero-order valence-corrected chi connectivity index (χ0v) is 15.1. The molecule has 2 heterocycles. The Labute approximate surface area is 154 Å². The first-order valence-electron chi connectivity index (χ1n) is 8.41. The van der Waals surface area contributed by atoms with Crippen molar-refractivity contribution in [3.63, 3.8) is 0 Å². The highest BCUT2D eigenvalue weighted by atomic mass is 19.1. The summed E-state index contributed by atoms with van der Waals surface area (Å²) < 4.78 is 20.1. The number of pyridine rings is 1. The Hall–Kier alpha value is -3.40. The highest BCUT2D eigenvalue weighted by molar-refractivity contribution is 6.12. The van der Waals surface area contributed by atoms with Gasteiger partial charge in [0.2, 0.25) is 11.7 Å². The Morgan fingerprint density at radius 2 is 2.04 bits per heavy atom. The maximum Gasteiger partial charge on any atom is 0.271 e. The number of benzene rings is 1. The van der Waals surface area contributed by atoms with Gasteiger partial charge in [-0.2, -0.15) is 5.26 Å². The molecule has 3 rings (SSSR count). The van der Waals surface area contributed by atoms with E-state index in [-0.39, 0.29) is 29.0 Å². The summed E-state index contributed by atoms with van der Waals surface area (Å²) in [6.45, 7) is 5.00. The van der Waals surface area contributed by atoms with Crippen molar-refractivity contribution in [3.05, 3.63) is 62.4 Å². The Morgan fingerprint density at radius 3 is 2.67 bits per heavy atom. The van der Waals surface area contributed by atoms with E-state index in [1.54, 1.807) is 13.8 Å².